The van der Waals surface area contributed by atoms with Crippen LogP contribution in [0.1, 0.15) is 32.1 Å². The molecule has 0 bridgehead atoms. The van der Waals surface area contributed by atoms with Crippen molar-refractivity contribution >= 4 is 34.2 Å². The number of hydrogen-bond donors (Lipinski definition) is 2. The van der Waals surface area contributed by atoms with Crippen molar-refractivity contribution < 1.29 is 9.59 Å². The van der Waals surface area contributed by atoms with E-state index in [9.17, 15) is 9.59 Å². The smallest absolute Gasteiger partial charge is 0.193 e. The van der Waals surface area contributed by atoms with Crippen molar-refractivity contribution in [3.8, 4) is 0 Å². The molecule has 0 aromatic carbocycles. The van der Waals surface area contributed by atoms with E-state index in [-0.39, 0.29) is 15.5 Å². The summed E-state index contributed by atoms with van der Waals surface area (Å²) in [6.07, 6.45) is 4.14. The first-order chi connectivity index (χ1) is 8.16. The van der Waals surface area contributed by atoms with Gasteiger partial charge < -0.3 is 10.6 Å². The second-order valence-electron chi connectivity index (χ2n) is 4.60. The molecule has 0 aromatic heterocycles. The lowest BCUT2D eigenvalue weighted by Gasteiger charge is -2.33. The Morgan fingerprint density at radius 1 is 1.00 bits per heavy atom. The van der Waals surface area contributed by atoms with Crippen LogP contribution >= 0.6 is 22.6 Å². The van der Waals surface area contributed by atoms with E-state index < -0.39 is 0 Å². The zero-order chi connectivity index (χ0) is 12.0. The SMILES string of the molecule is O=C1CCCC2=C1NC1=C(CCC(I)C1=O)N2. The van der Waals surface area contributed by atoms with Gasteiger partial charge in [-0.2, -0.15) is 0 Å². The first-order valence-electron chi connectivity index (χ1n) is 5.88. The van der Waals surface area contributed by atoms with Gasteiger partial charge in [-0.15, -0.1) is 0 Å². The lowest BCUT2D eigenvalue weighted by molar-refractivity contribution is -0.116. The Kier molecular flexibility index (Phi) is 2.72. The zero-order valence-electron chi connectivity index (χ0n) is 9.31. The molecular formula is C12H13IN2O2. The Morgan fingerprint density at radius 2 is 1.76 bits per heavy atom. The molecule has 3 rings (SSSR count). The van der Waals surface area contributed by atoms with Crippen LogP contribution in [0.2, 0.25) is 0 Å². The fraction of sp³-hybridized carbons (Fsp3) is 0.500. The van der Waals surface area contributed by atoms with E-state index in [2.05, 4.69) is 33.2 Å². The van der Waals surface area contributed by atoms with Gasteiger partial charge in [-0.05, 0) is 25.7 Å². The predicted octanol–water partition coefficient (Wildman–Crippen LogP) is 1.52. The molecule has 0 radical (unpaired) electrons. The van der Waals surface area contributed by atoms with Gasteiger partial charge >= 0.3 is 0 Å². The van der Waals surface area contributed by atoms with Crippen LogP contribution in [0.25, 0.3) is 0 Å². The number of alkyl halides is 1. The van der Waals surface area contributed by atoms with Gasteiger partial charge in [0.15, 0.2) is 11.6 Å². The van der Waals surface area contributed by atoms with Gasteiger partial charge in [0.25, 0.3) is 0 Å². The van der Waals surface area contributed by atoms with Gasteiger partial charge in [-0.25, -0.2) is 0 Å². The average Bonchev–Trinajstić information content (AvgIpc) is 2.33. The third-order valence-corrected chi connectivity index (χ3v) is 4.63. The normalized spacial score (nSPS) is 28.4. The lowest BCUT2D eigenvalue weighted by atomic mass is 9.93. The van der Waals surface area contributed by atoms with Gasteiger partial charge in [0, 0.05) is 17.8 Å². The molecule has 1 atom stereocenters. The Bertz CT molecular complexity index is 479. The number of halogens is 1. The highest BCUT2D eigenvalue weighted by Gasteiger charge is 2.34. The highest BCUT2D eigenvalue weighted by molar-refractivity contribution is 14.1. The summed E-state index contributed by atoms with van der Waals surface area (Å²) < 4.78 is 0.0292. The number of nitrogens with one attached hydrogen (secondary N) is 2. The summed E-state index contributed by atoms with van der Waals surface area (Å²) in [6.45, 7) is 0. The molecule has 1 heterocycles. The second kappa shape index (κ2) is 4.12. The molecule has 0 saturated heterocycles. The van der Waals surface area contributed by atoms with E-state index in [1.165, 1.54) is 0 Å². The molecule has 1 aliphatic heterocycles. The maximum Gasteiger partial charge on any atom is 0.193 e. The number of ketones is 2. The van der Waals surface area contributed by atoms with Gasteiger partial charge in [0.2, 0.25) is 0 Å². The van der Waals surface area contributed by atoms with Crippen molar-refractivity contribution in [2.75, 3.05) is 0 Å². The first-order valence-corrected chi connectivity index (χ1v) is 7.13. The Balaban J connectivity index is 1.94. The van der Waals surface area contributed by atoms with Crippen LogP contribution < -0.4 is 10.6 Å². The van der Waals surface area contributed by atoms with E-state index in [1.807, 2.05) is 0 Å². The molecule has 5 heteroatoms. The van der Waals surface area contributed by atoms with Crippen molar-refractivity contribution in [3.05, 3.63) is 22.8 Å². The van der Waals surface area contributed by atoms with Crippen molar-refractivity contribution in [1.82, 2.24) is 10.6 Å². The van der Waals surface area contributed by atoms with Gasteiger partial charge in [0.1, 0.15) is 11.4 Å². The summed E-state index contributed by atoms with van der Waals surface area (Å²) in [7, 11) is 0. The van der Waals surface area contributed by atoms with Crippen LogP contribution in [-0.2, 0) is 9.59 Å². The Morgan fingerprint density at radius 3 is 2.59 bits per heavy atom. The predicted molar refractivity (Wildman–Crippen MR) is 71.2 cm³/mol. The maximum atomic E-state index is 12.0. The molecular weight excluding hydrogens is 331 g/mol. The van der Waals surface area contributed by atoms with E-state index in [1.54, 1.807) is 0 Å². The molecule has 3 aliphatic rings. The monoisotopic (exact) mass is 344 g/mol. The second-order valence-corrected chi connectivity index (χ2v) is 6.11. The third kappa shape index (κ3) is 1.80. The number of carbonyl (C=O) groups excluding carboxylic acids is 2. The zero-order valence-corrected chi connectivity index (χ0v) is 11.5. The lowest BCUT2D eigenvalue weighted by Crippen LogP contribution is -2.42. The molecule has 17 heavy (non-hydrogen) atoms. The molecule has 90 valence electrons. The van der Waals surface area contributed by atoms with Crippen molar-refractivity contribution in [3.63, 3.8) is 0 Å². The van der Waals surface area contributed by atoms with E-state index in [4.69, 9.17) is 0 Å². The fourth-order valence-corrected chi connectivity index (χ4v) is 3.14. The Hall–Kier alpha value is -0.850. The number of hydrogen-bond acceptors (Lipinski definition) is 4. The van der Waals surface area contributed by atoms with Crippen LogP contribution in [0.15, 0.2) is 22.8 Å². The highest BCUT2D eigenvalue weighted by atomic mass is 127. The number of rotatable bonds is 0. The summed E-state index contributed by atoms with van der Waals surface area (Å²) in [4.78, 5) is 23.8. The summed E-state index contributed by atoms with van der Waals surface area (Å²) >= 11 is 2.17. The minimum atomic E-state index is 0.0292. The van der Waals surface area contributed by atoms with Crippen molar-refractivity contribution in [2.24, 2.45) is 0 Å². The minimum Gasteiger partial charge on any atom is -0.359 e. The first kappa shape index (κ1) is 11.3. The topological polar surface area (TPSA) is 58.2 Å². The summed E-state index contributed by atoms with van der Waals surface area (Å²) in [5.74, 6) is 0.234. The number of Topliss-reactive ketones (excluding diaryl/α,β-unsaturated/α-hetero) is 2. The van der Waals surface area contributed by atoms with Gasteiger partial charge in [-0.1, -0.05) is 22.6 Å². The van der Waals surface area contributed by atoms with Crippen LogP contribution in [0.4, 0.5) is 0 Å². The highest BCUT2D eigenvalue weighted by Crippen LogP contribution is 2.31. The molecule has 0 amide bonds. The van der Waals surface area contributed by atoms with Crippen molar-refractivity contribution in [2.45, 2.75) is 36.0 Å². The molecule has 1 unspecified atom stereocenters. The van der Waals surface area contributed by atoms with Crippen LogP contribution in [0, 0.1) is 0 Å². The van der Waals surface area contributed by atoms with Crippen LogP contribution in [0.5, 0.6) is 0 Å². The molecule has 4 nitrogen and oxygen atoms in total. The fourth-order valence-electron chi connectivity index (χ4n) is 2.52. The molecule has 0 fully saturated rings. The number of allylic oxidation sites excluding steroid dienone is 4. The molecule has 2 aliphatic carbocycles. The van der Waals surface area contributed by atoms with E-state index in [0.717, 1.165) is 37.1 Å². The minimum absolute atomic E-state index is 0.0292. The standard InChI is InChI=1S/C12H13IN2O2/c13-6-4-5-8-11(12(6)17)15-10-7(14-8)2-1-3-9(10)16/h6,14-15H,1-5H2. The summed E-state index contributed by atoms with van der Waals surface area (Å²) in [5.41, 5.74) is 3.18. The molecule has 0 spiro atoms. The van der Waals surface area contributed by atoms with Crippen molar-refractivity contribution in [1.29, 1.82) is 0 Å². The third-order valence-electron chi connectivity index (χ3n) is 3.44. The molecule has 2 N–H and O–H groups in total. The largest absolute Gasteiger partial charge is 0.359 e. The van der Waals surface area contributed by atoms with E-state index >= 15 is 0 Å². The Labute approximate surface area is 113 Å². The van der Waals surface area contributed by atoms with E-state index in [0.29, 0.717) is 17.8 Å². The maximum absolute atomic E-state index is 12.0. The van der Waals surface area contributed by atoms with Crippen LogP contribution in [-0.4, -0.2) is 15.5 Å². The quantitative estimate of drug-likeness (QED) is 0.517. The summed E-state index contributed by atoms with van der Waals surface area (Å²) in [5, 5.41) is 6.37. The number of carbonyl (C=O) groups is 2. The molecule has 0 aromatic rings. The van der Waals surface area contributed by atoms with Crippen LogP contribution in [0.3, 0.4) is 0 Å². The molecule has 0 saturated carbocycles. The van der Waals surface area contributed by atoms with Gasteiger partial charge in [0.05, 0.1) is 3.92 Å². The average molecular weight is 344 g/mol. The van der Waals surface area contributed by atoms with Gasteiger partial charge in [-0.3, -0.25) is 9.59 Å². The summed E-state index contributed by atoms with van der Waals surface area (Å²) in [6, 6.07) is 0.